The minimum Gasteiger partial charge on any atom is -0.267 e. The van der Waals surface area contributed by atoms with Gasteiger partial charge >= 0.3 is 0 Å². The highest BCUT2D eigenvalue weighted by atomic mass is 32.2. The van der Waals surface area contributed by atoms with Gasteiger partial charge in [0.15, 0.2) is 0 Å². The van der Waals surface area contributed by atoms with Crippen molar-refractivity contribution in [1.82, 2.24) is 20.6 Å². The second-order valence-electron chi connectivity index (χ2n) is 5.45. The van der Waals surface area contributed by atoms with E-state index < -0.39 is 21.8 Å². The van der Waals surface area contributed by atoms with E-state index in [4.69, 9.17) is 0 Å². The summed E-state index contributed by atoms with van der Waals surface area (Å²) in [7, 11) is -3.72. The van der Waals surface area contributed by atoms with Gasteiger partial charge in [-0.1, -0.05) is 6.07 Å². The van der Waals surface area contributed by atoms with E-state index in [0.29, 0.717) is 0 Å². The van der Waals surface area contributed by atoms with Crippen LogP contribution in [0.3, 0.4) is 0 Å². The molecule has 0 aliphatic heterocycles. The number of nitrogens with one attached hydrogen (secondary N) is 3. The van der Waals surface area contributed by atoms with Crippen LogP contribution in [0.2, 0.25) is 0 Å². The SMILES string of the molecule is CC(C)NS(=O)(=O)c1cccc(C(=O)NNC(=O)c2cccnc2)c1. The molecule has 0 saturated heterocycles. The molecule has 2 aromatic rings. The van der Waals surface area contributed by atoms with Gasteiger partial charge in [0.25, 0.3) is 11.8 Å². The molecular formula is C16H18N4O4S. The third-order valence-electron chi connectivity index (χ3n) is 3.01. The molecule has 2 rings (SSSR count). The Kier molecular flexibility index (Phi) is 5.84. The first-order valence-electron chi connectivity index (χ1n) is 7.42. The maximum Gasteiger partial charge on any atom is 0.271 e. The monoisotopic (exact) mass is 362 g/mol. The fourth-order valence-corrected chi connectivity index (χ4v) is 3.23. The molecule has 0 bridgehead atoms. The molecule has 2 amide bonds. The summed E-state index contributed by atoms with van der Waals surface area (Å²) in [6.45, 7) is 3.39. The number of hydrogen-bond donors (Lipinski definition) is 3. The standard InChI is InChI=1S/C16H18N4O4S/c1-11(2)20-25(23,24)14-7-3-5-12(9-14)15(21)18-19-16(22)13-6-4-8-17-10-13/h3-11,20H,1-2H3,(H,18,21)(H,19,22). The number of carbonyl (C=O) groups is 2. The summed E-state index contributed by atoms with van der Waals surface area (Å²) < 4.78 is 26.7. The third-order valence-corrected chi connectivity index (χ3v) is 4.67. The van der Waals surface area contributed by atoms with E-state index in [1.54, 1.807) is 26.0 Å². The van der Waals surface area contributed by atoms with Crippen LogP contribution in [0.25, 0.3) is 0 Å². The van der Waals surface area contributed by atoms with Crippen molar-refractivity contribution in [3.63, 3.8) is 0 Å². The van der Waals surface area contributed by atoms with Crippen molar-refractivity contribution in [1.29, 1.82) is 0 Å². The van der Waals surface area contributed by atoms with Crippen LogP contribution in [0, 0.1) is 0 Å². The molecule has 1 heterocycles. The number of hydrogen-bond acceptors (Lipinski definition) is 5. The first kappa shape index (κ1) is 18.6. The maximum absolute atomic E-state index is 12.1. The maximum atomic E-state index is 12.1. The topological polar surface area (TPSA) is 117 Å². The Morgan fingerprint density at radius 2 is 1.64 bits per heavy atom. The highest BCUT2D eigenvalue weighted by Gasteiger charge is 2.17. The molecule has 1 aromatic heterocycles. The number of pyridine rings is 1. The van der Waals surface area contributed by atoms with Gasteiger partial charge in [0, 0.05) is 24.0 Å². The summed E-state index contributed by atoms with van der Waals surface area (Å²) in [6.07, 6.45) is 2.87. The molecule has 0 saturated carbocycles. The molecule has 25 heavy (non-hydrogen) atoms. The van der Waals surface area contributed by atoms with Crippen LogP contribution in [0.4, 0.5) is 0 Å². The Balaban J connectivity index is 2.08. The average Bonchev–Trinajstić information content (AvgIpc) is 2.59. The van der Waals surface area contributed by atoms with Gasteiger partial charge in [-0.05, 0) is 44.2 Å². The number of carbonyl (C=O) groups excluding carboxylic acids is 2. The van der Waals surface area contributed by atoms with E-state index in [-0.39, 0.29) is 22.1 Å². The van der Waals surface area contributed by atoms with Crippen LogP contribution in [0.5, 0.6) is 0 Å². The molecule has 0 aliphatic carbocycles. The molecule has 0 radical (unpaired) electrons. The average molecular weight is 362 g/mol. The largest absolute Gasteiger partial charge is 0.271 e. The van der Waals surface area contributed by atoms with E-state index in [9.17, 15) is 18.0 Å². The molecule has 0 fully saturated rings. The van der Waals surface area contributed by atoms with Crippen LogP contribution in [-0.2, 0) is 10.0 Å². The number of nitrogens with zero attached hydrogens (tertiary/aromatic N) is 1. The summed E-state index contributed by atoms with van der Waals surface area (Å²) in [5, 5.41) is 0. The summed E-state index contributed by atoms with van der Waals surface area (Å²) in [4.78, 5) is 27.8. The van der Waals surface area contributed by atoms with Crippen LogP contribution in [-0.4, -0.2) is 31.3 Å². The number of sulfonamides is 1. The second-order valence-corrected chi connectivity index (χ2v) is 7.17. The lowest BCUT2D eigenvalue weighted by molar-refractivity contribution is 0.0846. The Morgan fingerprint density at radius 3 is 2.24 bits per heavy atom. The summed E-state index contributed by atoms with van der Waals surface area (Å²) >= 11 is 0. The number of rotatable bonds is 5. The first-order valence-corrected chi connectivity index (χ1v) is 8.91. The predicted octanol–water partition coefficient (Wildman–Crippen LogP) is 0.843. The molecule has 8 nitrogen and oxygen atoms in total. The molecule has 1 aromatic carbocycles. The molecule has 0 unspecified atom stereocenters. The molecule has 9 heteroatoms. The summed E-state index contributed by atoms with van der Waals surface area (Å²) in [5.41, 5.74) is 4.85. The van der Waals surface area contributed by atoms with E-state index in [1.807, 2.05) is 0 Å². The highest BCUT2D eigenvalue weighted by Crippen LogP contribution is 2.12. The van der Waals surface area contributed by atoms with Crippen LogP contribution in [0.1, 0.15) is 34.6 Å². The van der Waals surface area contributed by atoms with Crippen molar-refractivity contribution in [2.24, 2.45) is 0 Å². The molecule has 0 spiro atoms. The Hall–Kier alpha value is -2.78. The van der Waals surface area contributed by atoms with E-state index in [1.165, 1.54) is 36.7 Å². The van der Waals surface area contributed by atoms with Gasteiger partial charge in [0.05, 0.1) is 10.5 Å². The van der Waals surface area contributed by atoms with Crippen molar-refractivity contribution >= 4 is 21.8 Å². The van der Waals surface area contributed by atoms with Gasteiger partial charge in [0.2, 0.25) is 10.0 Å². The van der Waals surface area contributed by atoms with Gasteiger partial charge in [-0.15, -0.1) is 0 Å². The van der Waals surface area contributed by atoms with Gasteiger partial charge < -0.3 is 0 Å². The van der Waals surface area contributed by atoms with E-state index in [2.05, 4.69) is 20.6 Å². The lowest BCUT2D eigenvalue weighted by Gasteiger charge is -2.11. The minimum atomic E-state index is -3.72. The summed E-state index contributed by atoms with van der Waals surface area (Å²) in [6, 6.07) is 8.37. The second kappa shape index (κ2) is 7.86. The van der Waals surface area contributed by atoms with Gasteiger partial charge in [-0.25, -0.2) is 13.1 Å². The predicted molar refractivity (Wildman–Crippen MR) is 91.1 cm³/mol. The number of amides is 2. The smallest absolute Gasteiger partial charge is 0.267 e. The van der Waals surface area contributed by atoms with Crippen LogP contribution >= 0.6 is 0 Å². The van der Waals surface area contributed by atoms with Crippen molar-refractivity contribution in [3.05, 3.63) is 59.9 Å². The van der Waals surface area contributed by atoms with Crippen LogP contribution in [0.15, 0.2) is 53.7 Å². The zero-order valence-electron chi connectivity index (χ0n) is 13.7. The van der Waals surface area contributed by atoms with Crippen molar-refractivity contribution in [2.45, 2.75) is 24.8 Å². The quantitative estimate of drug-likeness (QED) is 0.682. The fourth-order valence-electron chi connectivity index (χ4n) is 1.94. The zero-order valence-corrected chi connectivity index (χ0v) is 14.5. The van der Waals surface area contributed by atoms with Gasteiger partial charge in [-0.2, -0.15) is 0 Å². The normalized spacial score (nSPS) is 11.2. The number of aromatic nitrogens is 1. The fraction of sp³-hybridized carbons (Fsp3) is 0.188. The molecule has 0 aliphatic rings. The minimum absolute atomic E-state index is 0.0348. The third kappa shape index (κ3) is 5.10. The molecule has 132 valence electrons. The van der Waals surface area contributed by atoms with Crippen molar-refractivity contribution < 1.29 is 18.0 Å². The van der Waals surface area contributed by atoms with E-state index in [0.717, 1.165) is 0 Å². The van der Waals surface area contributed by atoms with Gasteiger partial charge in [-0.3, -0.25) is 25.4 Å². The van der Waals surface area contributed by atoms with Crippen molar-refractivity contribution in [2.75, 3.05) is 0 Å². The Labute approximate surface area is 145 Å². The lowest BCUT2D eigenvalue weighted by Crippen LogP contribution is -2.41. The highest BCUT2D eigenvalue weighted by molar-refractivity contribution is 7.89. The Bertz CT molecular complexity index is 867. The first-order chi connectivity index (χ1) is 11.8. The molecule has 3 N–H and O–H groups in total. The van der Waals surface area contributed by atoms with Crippen LogP contribution < -0.4 is 15.6 Å². The Morgan fingerprint density at radius 1 is 1.00 bits per heavy atom. The zero-order chi connectivity index (χ0) is 18.4. The number of benzene rings is 1. The molecular weight excluding hydrogens is 344 g/mol. The van der Waals surface area contributed by atoms with Crippen molar-refractivity contribution in [3.8, 4) is 0 Å². The lowest BCUT2D eigenvalue weighted by atomic mass is 10.2. The van der Waals surface area contributed by atoms with Gasteiger partial charge in [0.1, 0.15) is 0 Å². The molecule has 0 atom stereocenters. The summed E-state index contributed by atoms with van der Waals surface area (Å²) in [5.74, 6) is -1.18. The van der Waals surface area contributed by atoms with E-state index >= 15 is 0 Å². The number of hydrazine groups is 1.